The molecular formula is C29H37BrClN7O7S. The van der Waals surface area contributed by atoms with Crippen LogP contribution in [0.15, 0.2) is 33.0 Å². The summed E-state index contributed by atoms with van der Waals surface area (Å²) in [6.07, 6.45) is 2.26. The molecule has 5 heterocycles. The number of rotatable bonds is 10. The SMILES string of the molecule is C[C@H](OC(=O)OCCN1CCOCC1)C(=O)N1CCC(CCn2c(Sc3cc4c(cc3Br)OCO4)nc3c(N)ncnc32)CC1.Cl. The number of anilines is 1. The average Bonchev–Trinajstić information content (AvgIpc) is 3.65. The van der Waals surface area contributed by atoms with Gasteiger partial charge in [0.15, 0.2) is 39.7 Å². The Morgan fingerprint density at radius 3 is 2.61 bits per heavy atom. The molecule has 0 radical (unpaired) electrons. The Kier molecular flexibility index (Phi) is 11.7. The number of aromatic nitrogens is 4. The highest BCUT2D eigenvalue weighted by molar-refractivity contribution is 9.10. The average molecular weight is 743 g/mol. The van der Waals surface area contributed by atoms with E-state index in [4.69, 9.17) is 34.4 Å². The first-order valence-corrected chi connectivity index (χ1v) is 16.6. The predicted octanol–water partition coefficient (Wildman–Crippen LogP) is 3.98. The fourth-order valence-electron chi connectivity index (χ4n) is 5.61. The Labute approximate surface area is 285 Å². The maximum atomic E-state index is 13.0. The molecule has 17 heteroatoms. The lowest BCUT2D eigenvalue weighted by Crippen LogP contribution is -2.44. The van der Waals surface area contributed by atoms with Crippen LogP contribution in [-0.2, 0) is 25.5 Å². The zero-order valence-electron chi connectivity index (χ0n) is 25.4. The van der Waals surface area contributed by atoms with Crippen molar-refractivity contribution in [2.75, 3.05) is 65.1 Å². The van der Waals surface area contributed by atoms with Gasteiger partial charge in [-0.3, -0.25) is 9.69 Å². The Morgan fingerprint density at radius 2 is 1.85 bits per heavy atom. The minimum absolute atomic E-state index is 0. The van der Waals surface area contributed by atoms with Gasteiger partial charge >= 0.3 is 6.16 Å². The predicted molar refractivity (Wildman–Crippen MR) is 174 cm³/mol. The van der Waals surface area contributed by atoms with E-state index in [0.717, 1.165) is 46.9 Å². The summed E-state index contributed by atoms with van der Waals surface area (Å²) >= 11 is 5.13. The maximum Gasteiger partial charge on any atom is 0.509 e. The molecule has 3 aromatic rings. The third kappa shape index (κ3) is 8.08. The van der Waals surface area contributed by atoms with Crippen LogP contribution < -0.4 is 15.2 Å². The number of hydrogen-bond acceptors (Lipinski definition) is 13. The van der Waals surface area contributed by atoms with Gasteiger partial charge in [0.25, 0.3) is 5.91 Å². The van der Waals surface area contributed by atoms with Gasteiger partial charge in [-0.1, -0.05) is 11.8 Å². The van der Waals surface area contributed by atoms with E-state index < -0.39 is 12.3 Å². The van der Waals surface area contributed by atoms with Gasteiger partial charge < -0.3 is 38.9 Å². The van der Waals surface area contributed by atoms with E-state index in [2.05, 4.69) is 35.4 Å². The lowest BCUT2D eigenvalue weighted by atomic mass is 9.93. The molecule has 1 aromatic carbocycles. The van der Waals surface area contributed by atoms with E-state index in [1.807, 2.05) is 12.1 Å². The number of nitrogens with two attached hydrogens (primary N) is 1. The topological polar surface area (TPSA) is 156 Å². The van der Waals surface area contributed by atoms with Gasteiger partial charge in [-0.15, -0.1) is 12.4 Å². The minimum atomic E-state index is -0.907. The van der Waals surface area contributed by atoms with Crippen molar-refractivity contribution >= 4 is 69.1 Å². The highest BCUT2D eigenvalue weighted by atomic mass is 79.9. The van der Waals surface area contributed by atoms with Crippen molar-refractivity contribution in [3.8, 4) is 11.5 Å². The normalized spacial score (nSPS) is 17.5. The number of ether oxygens (including phenoxy) is 5. The monoisotopic (exact) mass is 741 g/mol. The molecule has 2 aromatic heterocycles. The molecule has 2 N–H and O–H groups in total. The van der Waals surface area contributed by atoms with E-state index in [9.17, 15) is 9.59 Å². The number of fused-ring (bicyclic) bond motifs is 2. The van der Waals surface area contributed by atoms with E-state index in [0.29, 0.717) is 73.8 Å². The van der Waals surface area contributed by atoms with Crippen molar-refractivity contribution in [3.05, 3.63) is 22.9 Å². The van der Waals surface area contributed by atoms with Crippen molar-refractivity contribution < 1.29 is 33.3 Å². The number of halogens is 2. The molecule has 46 heavy (non-hydrogen) atoms. The van der Waals surface area contributed by atoms with Gasteiger partial charge in [-0.25, -0.2) is 19.7 Å². The molecule has 0 unspecified atom stereocenters. The second kappa shape index (κ2) is 15.7. The van der Waals surface area contributed by atoms with E-state index in [1.165, 1.54) is 18.1 Å². The third-order valence-corrected chi connectivity index (χ3v) is 10.2. The number of carbonyl (C=O) groups is 2. The van der Waals surface area contributed by atoms with Gasteiger partial charge in [0.2, 0.25) is 6.79 Å². The molecule has 0 aliphatic carbocycles. The zero-order valence-corrected chi connectivity index (χ0v) is 28.6. The standard InChI is InChI=1S/C29H36BrN7O7S.ClH/c1-18(44-29(39)41-13-10-35-8-11-40-12-9-35)27(38)36-5-2-19(3-6-36)4-7-37-26-24(25(31)32-16-33-26)34-28(37)45-23-15-22-21(14-20(23)30)42-17-43-22;/h14-16,18-19H,2-13,17H2,1H3,(H2,31,32,33);1H/t18-;/m0./s1. The second-order valence-corrected chi connectivity index (χ2v) is 12.9. The smallest absolute Gasteiger partial charge is 0.454 e. The first-order valence-electron chi connectivity index (χ1n) is 15.0. The highest BCUT2D eigenvalue weighted by Crippen LogP contribution is 2.43. The summed E-state index contributed by atoms with van der Waals surface area (Å²) in [6.45, 7) is 7.44. The summed E-state index contributed by atoms with van der Waals surface area (Å²) in [6, 6.07) is 3.82. The van der Waals surface area contributed by atoms with Gasteiger partial charge in [-0.05, 0) is 60.2 Å². The molecule has 0 spiro atoms. The molecule has 250 valence electrons. The summed E-state index contributed by atoms with van der Waals surface area (Å²) < 4.78 is 29.8. The second-order valence-electron chi connectivity index (χ2n) is 11.1. The number of morpholine rings is 1. The van der Waals surface area contributed by atoms with Gasteiger partial charge in [0.1, 0.15) is 12.9 Å². The molecule has 2 saturated heterocycles. The number of amides is 1. The van der Waals surface area contributed by atoms with Crippen LogP contribution in [0.5, 0.6) is 11.5 Å². The molecule has 3 aliphatic heterocycles. The largest absolute Gasteiger partial charge is 0.509 e. The van der Waals surface area contributed by atoms with Gasteiger partial charge in [0.05, 0.1) is 13.2 Å². The number of aryl methyl sites for hydroxylation is 1. The van der Waals surface area contributed by atoms with Crippen LogP contribution in [0.3, 0.4) is 0 Å². The number of likely N-dealkylation sites (tertiary alicyclic amines) is 1. The minimum Gasteiger partial charge on any atom is -0.454 e. The van der Waals surface area contributed by atoms with Crippen LogP contribution in [0.2, 0.25) is 0 Å². The number of nitrogens with zero attached hydrogens (tertiary/aromatic N) is 6. The van der Waals surface area contributed by atoms with Crippen molar-refractivity contribution in [3.63, 3.8) is 0 Å². The summed E-state index contributed by atoms with van der Waals surface area (Å²) in [4.78, 5) is 43.4. The molecule has 1 atom stereocenters. The molecule has 14 nitrogen and oxygen atoms in total. The quantitative estimate of drug-likeness (QED) is 0.298. The molecule has 3 aliphatic rings. The molecule has 6 rings (SSSR count). The van der Waals surface area contributed by atoms with Gasteiger partial charge in [0, 0.05) is 48.6 Å². The molecule has 0 saturated carbocycles. The highest BCUT2D eigenvalue weighted by Gasteiger charge is 2.29. The number of hydrogen-bond donors (Lipinski definition) is 1. The Balaban J connectivity index is 0.00000417. The van der Waals surface area contributed by atoms with Crippen molar-refractivity contribution in [1.29, 1.82) is 0 Å². The molecule has 2 fully saturated rings. The maximum absolute atomic E-state index is 13.0. The first kappa shape index (κ1) is 34.3. The zero-order chi connectivity index (χ0) is 31.3. The van der Waals surface area contributed by atoms with Crippen molar-refractivity contribution in [1.82, 2.24) is 29.3 Å². The fraction of sp³-hybridized carbons (Fsp3) is 0.552. The van der Waals surface area contributed by atoms with Crippen molar-refractivity contribution in [2.24, 2.45) is 5.92 Å². The number of nitrogen functional groups attached to an aromatic ring is 1. The molecule has 1 amide bonds. The third-order valence-electron chi connectivity index (χ3n) is 8.19. The van der Waals surface area contributed by atoms with Crippen molar-refractivity contribution in [2.45, 2.75) is 48.9 Å². The summed E-state index contributed by atoms with van der Waals surface area (Å²) in [5, 5.41) is 0.743. The fourth-order valence-corrected chi connectivity index (χ4v) is 7.12. The van der Waals surface area contributed by atoms with Crippen LogP contribution in [0.25, 0.3) is 11.2 Å². The van der Waals surface area contributed by atoms with E-state index >= 15 is 0 Å². The molecular weight excluding hydrogens is 706 g/mol. The number of imidazole rings is 1. The lowest BCUT2D eigenvalue weighted by molar-refractivity contribution is -0.142. The van der Waals surface area contributed by atoms with Crippen LogP contribution >= 0.6 is 40.1 Å². The number of piperidine rings is 1. The van der Waals surface area contributed by atoms with Crippen LogP contribution in [0, 0.1) is 5.92 Å². The lowest BCUT2D eigenvalue weighted by Gasteiger charge is -2.33. The van der Waals surface area contributed by atoms with E-state index in [1.54, 1.807) is 11.8 Å². The Hall–Kier alpha value is -3.05. The number of benzene rings is 1. The summed E-state index contributed by atoms with van der Waals surface area (Å²) in [5.74, 6) is 1.89. The molecule has 0 bridgehead atoms. The number of carbonyl (C=O) groups excluding carboxylic acids is 2. The summed E-state index contributed by atoms with van der Waals surface area (Å²) in [7, 11) is 0. The summed E-state index contributed by atoms with van der Waals surface area (Å²) in [5.41, 5.74) is 7.40. The Bertz CT molecular complexity index is 1540. The van der Waals surface area contributed by atoms with Gasteiger partial charge in [-0.2, -0.15) is 0 Å². The van der Waals surface area contributed by atoms with Crippen LogP contribution in [0.4, 0.5) is 10.6 Å². The Morgan fingerprint density at radius 1 is 1.11 bits per heavy atom. The van der Waals surface area contributed by atoms with Crippen LogP contribution in [0.1, 0.15) is 26.2 Å². The first-order chi connectivity index (χ1) is 21.9. The van der Waals surface area contributed by atoms with E-state index in [-0.39, 0.29) is 31.7 Å². The van der Waals surface area contributed by atoms with Crippen LogP contribution in [-0.4, -0.2) is 107 Å².